The molecule has 0 radical (unpaired) electrons. The Morgan fingerprint density at radius 1 is 1.14 bits per heavy atom. The number of hydrogen-bond donors (Lipinski definition) is 0. The number of nitrogens with zero attached hydrogens (tertiary/aromatic N) is 4. The first-order chi connectivity index (χ1) is 10.3. The normalized spacial score (nSPS) is 12.5. The van der Waals surface area contributed by atoms with Crippen LogP contribution in [0, 0.1) is 11.3 Å². The van der Waals surface area contributed by atoms with Gasteiger partial charge in [0, 0.05) is 12.1 Å². The lowest BCUT2D eigenvalue weighted by atomic mass is 10.1. The van der Waals surface area contributed by atoms with E-state index in [-0.39, 0.29) is 6.79 Å². The minimum absolute atomic E-state index is 0.241. The third-order valence-electron chi connectivity index (χ3n) is 3.42. The summed E-state index contributed by atoms with van der Waals surface area (Å²) in [5, 5.41) is 17.1. The molecular weight excluding hydrogens is 268 g/mol. The number of benzene rings is 2. The third kappa shape index (κ3) is 1.96. The second-order valence-corrected chi connectivity index (χ2v) is 4.75. The quantitative estimate of drug-likeness (QED) is 0.717. The van der Waals surface area contributed by atoms with E-state index in [1.165, 1.54) is 0 Å². The predicted molar refractivity (Wildman–Crippen MR) is 73.9 cm³/mol. The first kappa shape index (κ1) is 11.7. The molecular formula is C15H10N4O2. The van der Waals surface area contributed by atoms with Crippen LogP contribution in [0.15, 0.2) is 36.4 Å². The van der Waals surface area contributed by atoms with Gasteiger partial charge in [0.15, 0.2) is 11.5 Å². The lowest BCUT2D eigenvalue weighted by Crippen LogP contribution is -2.01. The van der Waals surface area contributed by atoms with E-state index in [1.54, 1.807) is 16.8 Å². The van der Waals surface area contributed by atoms with Gasteiger partial charge in [0.05, 0.1) is 23.7 Å². The predicted octanol–water partition coefficient (Wildman–Crippen LogP) is 2.08. The summed E-state index contributed by atoms with van der Waals surface area (Å²) < 4.78 is 12.5. The van der Waals surface area contributed by atoms with Crippen molar-refractivity contribution in [2.24, 2.45) is 0 Å². The standard InChI is InChI=1S/C15H10N4O2/c16-7-10-1-3-11(4-2-10)8-19-13-6-15-14(20-9-21-15)5-12(13)17-18-19/h1-6H,8-9H2. The van der Waals surface area contributed by atoms with Gasteiger partial charge >= 0.3 is 0 Å². The summed E-state index contributed by atoms with van der Waals surface area (Å²) >= 11 is 0. The maximum absolute atomic E-state index is 8.81. The molecule has 2 aromatic carbocycles. The van der Waals surface area contributed by atoms with Gasteiger partial charge in [0.2, 0.25) is 6.79 Å². The Morgan fingerprint density at radius 2 is 1.90 bits per heavy atom. The van der Waals surface area contributed by atoms with Crippen molar-refractivity contribution in [2.75, 3.05) is 6.79 Å². The van der Waals surface area contributed by atoms with Crippen LogP contribution in [0.25, 0.3) is 11.0 Å². The Morgan fingerprint density at radius 3 is 2.67 bits per heavy atom. The fraction of sp³-hybridized carbons (Fsp3) is 0.133. The van der Waals surface area contributed by atoms with Crippen molar-refractivity contribution < 1.29 is 9.47 Å². The lowest BCUT2D eigenvalue weighted by molar-refractivity contribution is 0.174. The fourth-order valence-electron chi connectivity index (χ4n) is 2.33. The summed E-state index contributed by atoms with van der Waals surface area (Å²) in [6.45, 7) is 0.826. The molecule has 21 heavy (non-hydrogen) atoms. The number of rotatable bonds is 2. The molecule has 1 aliphatic rings. The molecule has 1 aromatic heterocycles. The van der Waals surface area contributed by atoms with Crippen LogP contribution in [0.5, 0.6) is 11.5 Å². The Kier molecular flexibility index (Phi) is 2.51. The van der Waals surface area contributed by atoms with Gasteiger partial charge in [-0.05, 0) is 17.7 Å². The van der Waals surface area contributed by atoms with Crippen LogP contribution in [0.4, 0.5) is 0 Å². The second-order valence-electron chi connectivity index (χ2n) is 4.75. The van der Waals surface area contributed by atoms with Crippen molar-refractivity contribution in [2.45, 2.75) is 6.54 Å². The fourth-order valence-corrected chi connectivity index (χ4v) is 2.33. The van der Waals surface area contributed by atoms with Gasteiger partial charge in [0.25, 0.3) is 0 Å². The summed E-state index contributed by atoms with van der Waals surface area (Å²) in [6, 6.07) is 13.3. The van der Waals surface area contributed by atoms with Crippen molar-refractivity contribution in [3.8, 4) is 17.6 Å². The monoisotopic (exact) mass is 278 g/mol. The number of nitriles is 1. The summed E-state index contributed by atoms with van der Waals surface area (Å²) in [5.41, 5.74) is 3.36. The van der Waals surface area contributed by atoms with Gasteiger partial charge in [0.1, 0.15) is 5.52 Å². The topological polar surface area (TPSA) is 73.0 Å². The molecule has 102 valence electrons. The van der Waals surface area contributed by atoms with E-state index in [9.17, 15) is 0 Å². The summed E-state index contributed by atoms with van der Waals surface area (Å²) in [4.78, 5) is 0. The van der Waals surface area contributed by atoms with Crippen LogP contribution in [0.3, 0.4) is 0 Å². The highest BCUT2D eigenvalue weighted by Crippen LogP contribution is 2.35. The van der Waals surface area contributed by atoms with Crippen LogP contribution in [0.1, 0.15) is 11.1 Å². The van der Waals surface area contributed by atoms with Crippen molar-refractivity contribution in [3.05, 3.63) is 47.5 Å². The zero-order chi connectivity index (χ0) is 14.2. The van der Waals surface area contributed by atoms with Crippen molar-refractivity contribution in [1.29, 1.82) is 5.26 Å². The van der Waals surface area contributed by atoms with E-state index in [2.05, 4.69) is 16.4 Å². The molecule has 0 saturated carbocycles. The SMILES string of the molecule is N#Cc1ccc(Cn2nnc3cc4c(cc32)OCO4)cc1. The van der Waals surface area contributed by atoms with E-state index in [0.717, 1.165) is 16.6 Å². The molecule has 6 nitrogen and oxygen atoms in total. The number of fused-ring (bicyclic) bond motifs is 2. The van der Waals surface area contributed by atoms with Gasteiger partial charge in [-0.3, -0.25) is 0 Å². The summed E-state index contributed by atoms with van der Waals surface area (Å²) in [6.07, 6.45) is 0. The van der Waals surface area contributed by atoms with Crippen LogP contribution in [-0.2, 0) is 6.54 Å². The number of hydrogen-bond acceptors (Lipinski definition) is 5. The van der Waals surface area contributed by atoms with E-state index >= 15 is 0 Å². The van der Waals surface area contributed by atoms with Gasteiger partial charge in [-0.15, -0.1) is 5.10 Å². The Hall–Kier alpha value is -3.07. The highest BCUT2D eigenvalue weighted by atomic mass is 16.7. The average molecular weight is 278 g/mol. The van der Waals surface area contributed by atoms with Crippen molar-refractivity contribution >= 4 is 11.0 Å². The molecule has 0 aliphatic carbocycles. The molecule has 1 aliphatic heterocycles. The third-order valence-corrected chi connectivity index (χ3v) is 3.42. The van der Waals surface area contributed by atoms with Crippen LogP contribution >= 0.6 is 0 Å². The maximum atomic E-state index is 8.81. The molecule has 0 unspecified atom stereocenters. The van der Waals surface area contributed by atoms with Crippen LogP contribution in [-0.4, -0.2) is 21.8 Å². The van der Waals surface area contributed by atoms with Gasteiger partial charge in [-0.2, -0.15) is 5.26 Å². The molecule has 0 spiro atoms. The van der Waals surface area contributed by atoms with Gasteiger partial charge < -0.3 is 9.47 Å². The largest absolute Gasteiger partial charge is 0.454 e. The van der Waals surface area contributed by atoms with Crippen LogP contribution < -0.4 is 9.47 Å². The zero-order valence-electron chi connectivity index (χ0n) is 11.0. The average Bonchev–Trinajstić information content (AvgIpc) is 3.13. The smallest absolute Gasteiger partial charge is 0.231 e. The maximum Gasteiger partial charge on any atom is 0.231 e. The number of aromatic nitrogens is 3. The van der Waals surface area contributed by atoms with E-state index in [0.29, 0.717) is 23.6 Å². The van der Waals surface area contributed by atoms with E-state index in [1.807, 2.05) is 24.3 Å². The van der Waals surface area contributed by atoms with Crippen molar-refractivity contribution in [3.63, 3.8) is 0 Å². The zero-order valence-corrected chi connectivity index (χ0v) is 11.0. The molecule has 3 aromatic rings. The molecule has 4 rings (SSSR count). The first-order valence-corrected chi connectivity index (χ1v) is 6.45. The molecule has 0 saturated heterocycles. The minimum atomic E-state index is 0.241. The molecule has 0 amide bonds. The van der Waals surface area contributed by atoms with Gasteiger partial charge in [-0.25, -0.2) is 4.68 Å². The van der Waals surface area contributed by atoms with Crippen LogP contribution in [0.2, 0.25) is 0 Å². The Balaban J connectivity index is 1.71. The minimum Gasteiger partial charge on any atom is -0.454 e. The molecule has 2 heterocycles. The van der Waals surface area contributed by atoms with Crippen molar-refractivity contribution in [1.82, 2.24) is 15.0 Å². The Labute approximate surface area is 120 Å². The van der Waals surface area contributed by atoms with E-state index in [4.69, 9.17) is 14.7 Å². The first-order valence-electron chi connectivity index (χ1n) is 6.45. The van der Waals surface area contributed by atoms with Gasteiger partial charge in [-0.1, -0.05) is 17.3 Å². The second kappa shape index (κ2) is 4.49. The molecule has 6 heteroatoms. The molecule has 0 fully saturated rings. The number of ether oxygens (including phenoxy) is 2. The summed E-state index contributed by atoms with van der Waals surface area (Å²) in [7, 11) is 0. The molecule has 0 N–H and O–H groups in total. The highest BCUT2D eigenvalue weighted by molar-refractivity contribution is 5.79. The molecule has 0 bridgehead atoms. The Bertz CT molecular complexity index is 862. The lowest BCUT2D eigenvalue weighted by Gasteiger charge is -2.03. The molecule has 0 atom stereocenters. The van der Waals surface area contributed by atoms with E-state index < -0.39 is 0 Å². The summed E-state index contributed by atoms with van der Waals surface area (Å²) in [5.74, 6) is 1.42. The highest BCUT2D eigenvalue weighted by Gasteiger charge is 2.17.